The Morgan fingerprint density at radius 2 is 1.85 bits per heavy atom. The minimum absolute atomic E-state index is 0.0506. The number of fused-ring (bicyclic) bond motifs is 2. The summed E-state index contributed by atoms with van der Waals surface area (Å²) in [6, 6.07) is 0. The van der Waals surface area contributed by atoms with Crippen molar-refractivity contribution in [1.29, 1.82) is 0 Å². The van der Waals surface area contributed by atoms with Crippen LogP contribution in [0.2, 0.25) is 0 Å². The largest absolute Gasteiger partial charge is 0.443 e. The summed E-state index contributed by atoms with van der Waals surface area (Å²) in [6.07, 6.45) is -3.35. The highest BCUT2D eigenvalue weighted by Crippen LogP contribution is 2.64. The molecule has 0 aromatic carbocycles. The topological polar surface area (TPSA) is 63.2 Å². The Bertz CT molecular complexity index is 614. The molecule has 4 saturated heterocycles. The second-order valence-electron chi connectivity index (χ2n) is 8.46. The first-order valence-electron chi connectivity index (χ1n) is 9.46. The number of aldehydes is 1. The van der Waals surface area contributed by atoms with E-state index in [1.54, 1.807) is 6.92 Å². The van der Waals surface area contributed by atoms with Crippen molar-refractivity contribution in [1.82, 2.24) is 0 Å². The molecule has 9 heteroatoms. The molecule has 0 unspecified atom stereocenters. The van der Waals surface area contributed by atoms with Crippen molar-refractivity contribution in [3.63, 3.8) is 0 Å². The molecule has 0 amide bonds. The van der Waals surface area contributed by atoms with Gasteiger partial charge in [0.15, 0.2) is 11.9 Å². The fourth-order valence-electron chi connectivity index (χ4n) is 5.65. The molecule has 0 aromatic rings. The highest BCUT2D eigenvalue weighted by atomic mass is 19.4. The summed E-state index contributed by atoms with van der Waals surface area (Å²) in [6.45, 7) is 4.45. The van der Waals surface area contributed by atoms with Crippen LogP contribution in [0.1, 0.15) is 46.5 Å². The van der Waals surface area contributed by atoms with Crippen molar-refractivity contribution in [2.24, 2.45) is 23.7 Å². The lowest BCUT2D eigenvalue weighted by Crippen LogP contribution is -2.76. The fraction of sp³-hybridized carbons (Fsp3) is 0.944. The Kier molecular flexibility index (Phi) is 4.44. The fourth-order valence-corrected chi connectivity index (χ4v) is 5.65. The lowest BCUT2D eigenvalue weighted by Gasteiger charge is -2.62. The number of carbonyl (C=O) groups excluding carboxylic acids is 1. The molecule has 5 rings (SSSR count). The van der Waals surface area contributed by atoms with Crippen LogP contribution in [0.5, 0.6) is 0 Å². The number of hydrogen-bond acceptors (Lipinski definition) is 6. The SMILES string of the molecule is C[C@@H]1CC[C@H]2[C@@H](C)[C@@](OCC=O)(C(F)(F)F)O[C@@H]3O[C@]4(C)CC[C@@H]1[C@]32OO4. The number of ether oxygens (including phenoxy) is 3. The summed E-state index contributed by atoms with van der Waals surface area (Å²) in [4.78, 5) is 22.2. The summed E-state index contributed by atoms with van der Waals surface area (Å²) < 4.78 is 59.1. The third kappa shape index (κ3) is 2.55. The molecule has 0 radical (unpaired) electrons. The van der Waals surface area contributed by atoms with E-state index in [0.717, 1.165) is 12.8 Å². The molecule has 1 spiro atoms. The van der Waals surface area contributed by atoms with Crippen molar-refractivity contribution in [3.8, 4) is 0 Å². The first-order chi connectivity index (χ1) is 12.6. The van der Waals surface area contributed by atoms with Crippen molar-refractivity contribution in [2.45, 2.75) is 76.1 Å². The number of alkyl halides is 3. The first kappa shape index (κ1) is 19.6. The zero-order chi connectivity index (χ0) is 19.7. The van der Waals surface area contributed by atoms with E-state index < -0.39 is 48.1 Å². The third-order valence-corrected chi connectivity index (χ3v) is 7.02. The van der Waals surface area contributed by atoms with Gasteiger partial charge >= 0.3 is 6.18 Å². The van der Waals surface area contributed by atoms with Crippen LogP contribution in [0.3, 0.4) is 0 Å². The van der Waals surface area contributed by atoms with Gasteiger partial charge in [0, 0.05) is 18.3 Å². The molecule has 154 valence electrons. The van der Waals surface area contributed by atoms with Crippen LogP contribution >= 0.6 is 0 Å². The van der Waals surface area contributed by atoms with Crippen LogP contribution in [0, 0.1) is 23.7 Å². The number of carbonyl (C=O) groups is 1. The standard InChI is InChI=1S/C18H25F3O6/c1-10-4-5-13-11(2)17(18(19,20)21,23-9-8-22)25-14-16(13)12(10)6-7-15(3,24-14)26-27-16/h8,10-14H,4-7,9H2,1-3H3/t10-,11-,12+,13+,14+,15+,16-,17+/m1/s1. The van der Waals surface area contributed by atoms with Gasteiger partial charge in [-0.25, -0.2) is 9.78 Å². The lowest BCUT2D eigenvalue weighted by atomic mass is 9.57. The number of hydrogen-bond donors (Lipinski definition) is 0. The maximum absolute atomic E-state index is 14.2. The summed E-state index contributed by atoms with van der Waals surface area (Å²) in [7, 11) is 0. The van der Waals surface area contributed by atoms with Crippen molar-refractivity contribution in [2.75, 3.05) is 6.61 Å². The van der Waals surface area contributed by atoms with Gasteiger partial charge in [0.2, 0.25) is 5.79 Å². The normalized spacial score (nSPS) is 52.1. The highest BCUT2D eigenvalue weighted by molar-refractivity contribution is 5.50. The Balaban J connectivity index is 1.83. The quantitative estimate of drug-likeness (QED) is 0.540. The highest BCUT2D eigenvalue weighted by Gasteiger charge is 2.77. The van der Waals surface area contributed by atoms with E-state index in [2.05, 4.69) is 6.92 Å². The lowest BCUT2D eigenvalue weighted by molar-refractivity contribution is -0.598. The monoisotopic (exact) mass is 394 g/mol. The van der Waals surface area contributed by atoms with Gasteiger partial charge in [0.05, 0.1) is 0 Å². The van der Waals surface area contributed by atoms with Crippen molar-refractivity contribution >= 4 is 6.29 Å². The molecule has 6 nitrogen and oxygen atoms in total. The molecule has 27 heavy (non-hydrogen) atoms. The molecule has 1 aliphatic carbocycles. The molecule has 2 bridgehead atoms. The summed E-state index contributed by atoms with van der Waals surface area (Å²) in [5, 5.41) is 0. The third-order valence-electron chi connectivity index (χ3n) is 7.02. The number of halogens is 3. The van der Waals surface area contributed by atoms with E-state index in [4.69, 9.17) is 24.0 Å². The van der Waals surface area contributed by atoms with Crippen molar-refractivity contribution in [3.05, 3.63) is 0 Å². The van der Waals surface area contributed by atoms with Gasteiger partial charge in [0.25, 0.3) is 5.79 Å². The Labute approximate surface area is 155 Å². The zero-order valence-corrected chi connectivity index (χ0v) is 15.6. The minimum atomic E-state index is -4.84. The molecular formula is C18H25F3O6. The zero-order valence-electron chi connectivity index (χ0n) is 15.6. The van der Waals surface area contributed by atoms with E-state index in [1.807, 2.05) is 0 Å². The van der Waals surface area contributed by atoms with Crippen LogP contribution in [-0.4, -0.2) is 42.5 Å². The van der Waals surface area contributed by atoms with E-state index >= 15 is 0 Å². The Morgan fingerprint density at radius 3 is 2.52 bits per heavy atom. The Morgan fingerprint density at radius 1 is 1.11 bits per heavy atom. The Hall–Kier alpha value is -0.740. The molecular weight excluding hydrogens is 369 g/mol. The van der Waals surface area contributed by atoms with Gasteiger partial charge in [0.1, 0.15) is 12.9 Å². The predicted molar refractivity (Wildman–Crippen MR) is 83.8 cm³/mol. The van der Waals surface area contributed by atoms with E-state index in [0.29, 0.717) is 19.1 Å². The average Bonchev–Trinajstić information content (AvgIpc) is 2.82. The molecule has 4 heterocycles. The minimum Gasteiger partial charge on any atom is -0.335 e. The van der Waals surface area contributed by atoms with Gasteiger partial charge in [-0.3, -0.25) is 0 Å². The predicted octanol–water partition coefficient (Wildman–Crippen LogP) is 3.34. The van der Waals surface area contributed by atoms with Crippen molar-refractivity contribution < 1.29 is 42.0 Å². The number of rotatable bonds is 3. The van der Waals surface area contributed by atoms with E-state index in [9.17, 15) is 18.0 Å². The van der Waals surface area contributed by atoms with Gasteiger partial charge in [-0.15, -0.1) is 0 Å². The van der Waals surface area contributed by atoms with Gasteiger partial charge < -0.3 is 19.0 Å². The average molecular weight is 394 g/mol. The van der Waals surface area contributed by atoms with Crippen LogP contribution in [0.15, 0.2) is 0 Å². The smallest absolute Gasteiger partial charge is 0.335 e. The molecule has 5 aliphatic rings. The molecule has 0 N–H and O–H groups in total. The summed E-state index contributed by atoms with van der Waals surface area (Å²) in [5.74, 6) is -5.57. The molecule has 8 atom stereocenters. The van der Waals surface area contributed by atoms with E-state index in [1.165, 1.54) is 6.92 Å². The molecule has 1 saturated carbocycles. The second kappa shape index (κ2) is 6.13. The van der Waals surface area contributed by atoms with Crippen LogP contribution < -0.4 is 0 Å². The van der Waals surface area contributed by atoms with Crippen LogP contribution in [-0.2, 0) is 28.8 Å². The molecule has 0 aromatic heterocycles. The molecule has 4 aliphatic heterocycles. The van der Waals surface area contributed by atoms with E-state index in [-0.39, 0.29) is 11.8 Å². The van der Waals surface area contributed by atoms with Gasteiger partial charge in [-0.05, 0) is 38.0 Å². The second-order valence-corrected chi connectivity index (χ2v) is 8.46. The maximum atomic E-state index is 14.2. The van der Waals surface area contributed by atoms with Crippen LogP contribution in [0.25, 0.3) is 0 Å². The first-order valence-corrected chi connectivity index (χ1v) is 9.46. The van der Waals surface area contributed by atoms with Gasteiger partial charge in [-0.1, -0.05) is 13.8 Å². The van der Waals surface area contributed by atoms with Gasteiger partial charge in [-0.2, -0.15) is 13.2 Å². The summed E-state index contributed by atoms with van der Waals surface area (Å²) in [5.41, 5.74) is -1.12. The molecule has 5 fully saturated rings. The van der Waals surface area contributed by atoms with Crippen LogP contribution in [0.4, 0.5) is 13.2 Å². The summed E-state index contributed by atoms with van der Waals surface area (Å²) >= 11 is 0. The maximum Gasteiger partial charge on any atom is 0.443 e.